The standard InChI is InChI=1S/C15H20N2S/c1-4-5-12-6-8-13(9-7-12)15-17-11(3)14(18-15)10(2)16/h6-10H,4-5,16H2,1-3H3. The van der Waals surface area contributed by atoms with Crippen molar-refractivity contribution < 1.29 is 0 Å². The molecular formula is C15H20N2S. The van der Waals surface area contributed by atoms with E-state index in [0.717, 1.165) is 17.1 Å². The fourth-order valence-electron chi connectivity index (χ4n) is 2.06. The number of benzene rings is 1. The summed E-state index contributed by atoms with van der Waals surface area (Å²) in [5.74, 6) is 0. The molecule has 0 bridgehead atoms. The summed E-state index contributed by atoms with van der Waals surface area (Å²) in [4.78, 5) is 5.80. The monoisotopic (exact) mass is 260 g/mol. The Balaban J connectivity index is 2.28. The van der Waals surface area contributed by atoms with E-state index in [1.165, 1.54) is 22.4 Å². The highest BCUT2D eigenvalue weighted by Crippen LogP contribution is 2.31. The number of aryl methyl sites for hydroxylation is 2. The maximum Gasteiger partial charge on any atom is 0.123 e. The number of rotatable bonds is 4. The van der Waals surface area contributed by atoms with Gasteiger partial charge in [-0.15, -0.1) is 11.3 Å². The minimum absolute atomic E-state index is 0.0654. The van der Waals surface area contributed by atoms with Gasteiger partial charge in [0.25, 0.3) is 0 Å². The zero-order valence-electron chi connectivity index (χ0n) is 11.2. The third kappa shape index (κ3) is 2.79. The molecule has 1 aromatic carbocycles. The molecule has 0 aliphatic carbocycles. The van der Waals surface area contributed by atoms with Crippen LogP contribution in [-0.2, 0) is 6.42 Å². The van der Waals surface area contributed by atoms with Gasteiger partial charge < -0.3 is 5.73 Å². The Kier molecular flexibility index (Phi) is 4.15. The van der Waals surface area contributed by atoms with Crippen LogP contribution in [0.25, 0.3) is 10.6 Å². The Morgan fingerprint density at radius 1 is 1.28 bits per heavy atom. The Labute approximate surface area is 113 Å². The van der Waals surface area contributed by atoms with E-state index in [9.17, 15) is 0 Å². The highest BCUT2D eigenvalue weighted by Gasteiger charge is 2.12. The normalized spacial score (nSPS) is 12.7. The third-order valence-corrected chi connectivity index (χ3v) is 4.39. The van der Waals surface area contributed by atoms with Crippen molar-refractivity contribution in [3.8, 4) is 10.6 Å². The van der Waals surface area contributed by atoms with Crippen LogP contribution in [0.15, 0.2) is 24.3 Å². The van der Waals surface area contributed by atoms with Crippen LogP contribution in [0.3, 0.4) is 0 Å². The number of aromatic nitrogens is 1. The van der Waals surface area contributed by atoms with Crippen molar-refractivity contribution in [2.24, 2.45) is 5.73 Å². The first kappa shape index (κ1) is 13.2. The molecular weight excluding hydrogens is 240 g/mol. The van der Waals surface area contributed by atoms with Crippen LogP contribution < -0.4 is 5.73 Å². The van der Waals surface area contributed by atoms with E-state index >= 15 is 0 Å². The van der Waals surface area contributed by atoms with E-state index in [1.807, 2.05) is 13.8 Å². The van der Waals surface area contributed by atoms with E-state index in [0.29, 0.717) is 0 Å². The van der Waals surface area contributed by atoms with Crippen molar-refractivity contribution in [1.29, 1.82) is 0 Å². The van der Waals surface area contributed by atoms with Crippen molar-refractivity contribution in [3.05, 3.63) is 40.4 Å². The molecule has 0 aliphatic heterocycles. The lowest BCUT2D eigenvalue weighted by atomic mass is 10.1. The van der Waals surface area contributed by atoms with Gasteiger partial charge in [-0.2, -0.15) is 0 Å². The number of hydrogen-bond donors (Lipinski definition) is 1. The van der Waals surface area contributed by atoms with E-state index < -0.39 is 0 Å². The van der Waals surface area contributed by atoms with Crippen molar-refractivity contribution in [3.63, 3.8) is 0 Å². The average Bonchev–Trinajstić information content (AvgIpc) is 2.73. The Morgan fingerprint density at radius 2 is 1.94 bits per heavy atom. The summed E-state index contributed by atoms with van der Waals surface area (Å²) >= 11 is 1.70. The Hall–Kier alpha value is -1.19. The number of hydrogen-bond acceptors (Lipinski definition) is 3. The second-order valence-electron chi connectivity index (χ2n) is 4.70. The molecule has 2 nitrogen and oxygen atoms in total. The molecule has 0 fully saturated rings. The van der Waals surface area contributed by atoms with Crippen molar-refractivity contribution in [2.75, 3.05) is 0 Å². The smallest absolute Gasteiger partial charge is 0.123 e. The lowest BCUT2D eigenvalue weighted by Crippen LogP contribution is -2.03. The molecule has 96 valence electrons. The fourth-order valence-corrected chi connectivity index (χ4v) is 3.08. The van der Waals surface area contributed by atoms with E-state index in [-0.39, 0.29) is 6.04 Å². The highest BCUT2D eigenvalue weighted by molar-refractivity contribution is 7.15. The first-order chi connectivity index (χ1) is 8.61. The molecule has 1 unspecified atom stereocenters. The lowest BCUT2D eigenvalue weighted by Gasteiger charge is -2.01. The van der Waals surface area contributed by atoms with Crippen LogP contribution in [0.4, 0.5) is 0 Å². The number of thiazole rings is 1. The molecule has 2 aromatic rings. The van der Waals surface area contributed by atoms with Gasteiger partial charge in [0, 0.05) is 16.5 Å². The molecule has 1 heterocycles. The topological polar surface area (TPSA) is 38.9 Å². The van der Waals surface area contributed by atoms with Gasteiger partial charge in [0.1, 0.15) is 5.01 Å². The van der Waals surface area contributed by atoms with Crippen LogP contribution in [0.1, 0.15) is 42.4 Å². The third-order valence-electron chi connectivity index (χ3n) is 2.99. The van der Waals surface area contributed by atoms with Crippen LogP contribution in [0, 0.1) is 6.92 Å². The average molecular weight is 260 g/mol. The minimum atomic E-state index is 0.0654. The summed E-state index contributed by atoms with van der Waals surface area (Å²) in [6.45, 7) is 6.24. The molecule has 0 radical (unpaired) electrons. The van der Waals surface area contributed by atoms with Crippen LogP contribution in [0.5, 0.6) is 0 Å². The predicted molar refractivity (Wildman–Crippen MR) is 78.9 cm³/mol. The van der Waals surface area contributed by atoms with Gasteiger partial charge in [0.2, 0.25) is 0 Å². The fraction of sp³-hybridized carbons (Fsp3) is 0.400. The predicted octanol–water partition coefficient (Wildman–Crippen LogP) is 4.09. The summed E-state index contributed by atoms with van der Waals surface area (Å²) in [7, 11) is 0. The van der Waals surface area contributed by atoms with Gasteiger partial charge >= 0.3 is 0 Å². The lowest BCUT2D eigenvalue weighted by molar-refractivity contribution is 0.825. The van der Waals surface area contributed by atoms with Gasteiger partial charge in [-0.05, 0) is 25.8 Å². The summed E-state index contributed by atoms with van der Waals surface area (Å²) < 4.78 is 0. The Bertz CT molecular complexity index is 512. The summed E-state index contributed by atoms with van der Waals surface area (Å²) in [6, 6.07) is 8.78. The first-order valence-corrected chi connectivity index (χ1v) is 7.25. The minimum Gasteiger partial charge on any atom is -0.323 e. The molecule has 0 saturated carbocycles. The SMILES string of the molecule is CCCc1ccc(-c2nc(C)c(C(C)N)s2)cc1. The molecule has 0 saturated heterocycles. The van der Waals surface area contributed by atoms with Gasteiger partial charge in [-0.3, -0.25) is 0 Å². The van der Waals surface area contributed by atoms with Gasteiger partial charge in [0.15, 0.2) is 0 Å². The number of nitrogens with two attached hydrogens (primary N) is 1. The summed E-state index contributed by atoms with van der Waals surface area (Å²) in [6.07, 6.45) is 2.33. The van der Waals surface area contributed by atoms with Crippen LogP contribution in [0.2, 0.25) is 0 Å². The second kappa shape index (κ2) is 5.63. The second-order valence-corrected chi connectivity index (χ2v) is 5.73. The van der Waals surface area contributed by atoms with E-state index in [4.69, 9.17) is 5.73 Å². The zero-order chi connectivity index (χ0) is 13.1. The first-order valence-electron chi connectivity index (χ1n) is 6.44. The number of nitrogens with zero attached hydrogens (tertiary/aromatic N) is 1. The van der Waals surface area contributed by atoms with Gasteiger partial charge in [-0.25, -0.2) is 4.98 Å². The zero-order valence-corrected chi connectivity index (χ0v) is 12.1. The maximum absolute atomic E-state index is 5.94. The van der Waals surface area contributed by atoms with E-state index in [2.05, 4.69) is 36.2 Å². The molecule has 18 heavy (non-hydrogen) atoms. The molecule has 1 atom stereocenters. The summed E-state index contributed by atoms with van der Waals surface area (Å²) in [5.41, 5.74) is 9.58. The molecule has 2 rings (SSSR count). The molecule has 0 amide bonds. The molecule has 0 spiro atoms. The van der Waals surface area contributed by atoms with Gasteiger partial charge in [-0.1, -0.05) is 37.6 Å². The molecule has 2 N–H and O–H groups in total. The maximum atomic E-state index is 5.94. The van der Waals surface area contributed by atoms with Gasteiger partial charge in [0.05, 0.1) is 5.69 Å². The van der Waals surface area contributed by atoms with E-state index in [1.54, 1.807) is 11.3 Å². The van der Waals surface area contributed by atoms with Crippen LogP contribution in [-0.4, -0.2) is 4.98 Å². The highest BCUT2D eigenvalue weighted by atomic mass is 32.1. The van der Waals surface area contributed by atoms with Crippen molar-refractivity contribution >= 4 is 11.3 Å². The molecule has 0 aliphatic rings. The molecule has 1 aromatic heterocycles. The summed E-state index contributed by atoms with van der Waals surface area (Å²) in [5, 5.41) is 1.07. The van der Waals surface area contributed by atoms with Crippen molar-refractivity contribution in [2.45, 2.75) is 39.7 Å². The van der Waals surface area contributed by atoms with Crippen molar-refractivity contribution in [1.82, 2.24) is 4.98 Å². The largest absolute Gasteiger partial charge is 0.323 e. The molecule has 3 heteroatoms. The quantitative estimate of drug-likeness (QED) is 0.899. The van der Waals surface area contributed by atoms with Crippen LogP contribution >= 0.6 is 11.3 Å². The Morgan fingerprint density at radius 3 is 2.44 bits per heavy atom.